The van der Waals surface area contributed by atoms with Crippen LogP contribution < -0.4 is 40.8 Å². The molecule has 20 rings (SSSR count). The van der Waals surface area contributed by atoms with Gasteiger partial charge in [-0.05, 0) is 191 Å². The molecule has 742 valence electrons. The molecule has 0 saturated carbocycles. The molecule has 0 aliphatic rings. The number of halogens is 21. The van der Waals surface area contributed by atoms with Crippen molar-refractivity contribution in [3.8, 4) is 74.7 Å². The standard InChI is InChI=1S/C21H13F4N5O.C20H15F4N5O.C19H12F5N5.C19H13F4N5O.C18H11F4N5/c1-11-20(30-10-13(22)2-5-19(30)27-11)16-6-12(9-26)7-18(29-16)28-14-3-4-17(15(23)8-14)31-21(24)25;1-12-26-15-4-2-3-5-16(15)29(12)18-11-25-10-17(28-18)27-13-6-8-14(9-7-13)30-20(23,24)19(21)22;1-10-18(29-9-11(20)2-5-17(29)26-10)15-7-25-8-16(28-15)27-12-3-4-13(14(21)6-12)19(22,23)24;1-10-18(28-9-11(20)2-5-17(28)25-10)14-7-24-8-16(27-14)26-12-3-4-15(13(21)6-12)29-19(22)23;19-12-3-6-17-24-8-15(27(17)10-12)14-7-23-9-16(26-14)25-13-4-1-11(2-5-13)18(20,21)22/h2-8,10,21H,1H3,(H,28,29);2-11,19H,1H3,(H,27,28);2-9H,1H3,(H,27,28);2-9,19H,1H3,(H,26,27);1-10H,(H,25,26). The second kappa shape index (κ2) is 42.5. The molecule has 0 radical (unpaired) electrons. The minimum absolute atomic E-state index is 0.0721. The van der Waals surface area contributed by atoms with Gasteiger partial charge in [0, 0.05) is 65.4 Å². The number of nitrogens with one attached hydrogen (secondary N) is 5. The van der Waals surface area contributed by atoms with Gasteiger partial charge in [0.15, 0.2) is 34.8 Å². The summed E-state index contributed by atoms with van der Waals surface area (Å²) in [7, 11) is 0. The number of rotatable bonds is 22. The summed E-state index contributed by atoms with van der Waals surface area (Å²) in [5, 5.41) is 23.7. The fourth-order valence-electron chi connectivity index (χ4n) is 14.5. The highest BCUT2D eigenvalue weighted by Crippen LogP contribution is 2.39. The number of hydrogen-bond donors (Lipinski definition) is 5. The van der Waals surface area contributed by atoms with Crippen molar-refractivity contribution in [3.05, 3.63) is 349 Å². The lowest BCUT2D eigenvalue weighted by Crippen LogP contribution is -2.33. The number of nitriles is 1. The summed E-state index contributed by atoms with van der Waals surface area (Å²) in [4.78, 5) is 60.3. The van der Waals surface area contributed by atoms with E-state index >= 15 is 0 Å². The van der Waals surface area contributed by atoms with Crippen molar-refractivity contribution in [1.29, 1.82) is 5.26 Å². The first-order valence-electron chi connectivity index (χ1n) is 42.2. The first-order chi connectivity index (χ1) is 69.7. The van der Waals surface area contributed by atoms with E-state index in [1.54, 1.807) is 48.0 Å². The molecular formula is C97H64F21N25O3. The number of imidazole rings is 5. The zero-order chi connectivity index (χ0) is 104. The molecule has 146 heavy (non-hydrogen) atoms. The van der Waals surface area contributed by atoms with Crippen molar-refractivity contribution < 1.29 is 106 Å². The number of anilines is 10. The highest BCUT2D eigenvalue weighted by molar-refractivity contribution is 5.79. The van der Waals surface area contributed by atoms with E-state index in [1.807, 2.05) is 41.8 Å². The molecule has 0 spiro atoms. The van der Waals surface area contributed by atoms with Crippen LogP contribution in [0.25, 0.3) is 85.0 Å². The number of fused-ring (bicyclic) bond motifs is 5. The third kappa shape index (κ3) is 23.8. The molecule has 5 N–H and O–H groups in total. The second-order valence-corrected chi connectivity index (χ2v) is 30.9. The van der Waals surface area contributed by atoms with Crippen molar-refractivity contribution in [3.63, 3.8) is 0 Å². The van der Waals surface area contributed by atoms with Crippen LogP contribution in [0.5, 0.6) is 17.2 Å². The zero-order valence-electron chi connectivity index (χ0n) is 74.7. The molecule has 0 unspecified atom stereocenters. The van der Waals surface area contributed by atoms with Gasteiger partial charge in [-0.1, -0.05) is 12.1 Å². The molecule has 14 heterocycles. The number of nitrogens with zero attached hydrogens (tertiary/aromatic N) is 20. The summed E-state index contributed by atoms with van der Waals surface area (Å²) < 4.78 is 292. The largest absolute Gasteiger partial charge is 0.461 e. The van der Waals surface area contributed by atoms with Gasteiger partial charge >= 0.3 is 38.1 Å². The van der Waals surface area contributed by atoms with Gasteiger partial charge in [0.05, 0.1) is 135 Å². The number of benzene rings is 6. The predicted molar refractivity (Wildman–Crippen MR) is 491 cm³/mol. The van der Waals surface area contributed by atoms with Gasteiger partial charge in [-0.15, -0.1) is 0 Å². The quantitative estimate of drug-likeness (QED) is 0.0394. The average molecular weight is 2030 g/mol. The molecule has 0 fully saturated rings. The Hall–Kier alpha value is -18.6. The molecule has 49 heteroatoms. The fraction of sp³-hybridized carbons (Fsp3) is 0.103. The van der Waals surface area contributed by atoms with Crippen LogP contribution in [0.3, 0.4) is 0 Å². The second-order valence-electron chi connectivity index (χ2n) is 30.9. The predicted octanol–water partition coefficient (Wildman–Crippen LogP) is 24.9. The maximum absolute atomic E-state index is 14.0. The molecule has 0 bridgehead atoms. The summed E-state index contributed by atoms with van der Waals surface area (Å²) in [6.45, 7) is 0.806. The Labute approximate surface area is 807 Å². The van der Waals surface area contributed by atoms with Crippen molar-refractivity contribution in [1.82, 2.24) is 91.9 Å². The van der Waals surface area contributed by atoms with Crippen molar-refractivity contribution >= 4 is 91.1 Å². The van der Waals surface area contributed by atoms with Crippen LogP contribution in [0.1, 0.15) is 39.6 Å². The Bertz CT molecular complexity index is 8220. The number of aromatic nitrogens is 19. The van der Waals surface area contributed by atoms with Crippen LogP contribution >= 0.6 is 0 Å². The number of aryl methyl sites for hydroxylation is 4. The normalized spacial score (nSPS) is 11.5. The van der Waals surface area contributed by atoms with Gasteiger partial charge in [0.2, 0.25) is 0 Å². The third-order valence-electron chi connectivity index (χ3n) is 20.7. The van der Waals surface area contributed by atoms with Crippen molar-refractivity contribution in [2.24, 2.45) is 0 Å². The number of alkyl halides is 14. The van der Waals surface area contributed by atoms with Crippen LogP contribution in [0.2, 0.25) is 0 Å². The van der Waals surface area contributed by atoms with E-state index < -0.39 is 101 Å². The Morgan fingerprint density at radius 2 is 0.774 bits per heavy atom. The minimum Gasteiger partial charge on any atom is -0.432 e. The lowest BCUT2D eigenvalue weighted by Gasteiger charge is -2.17. The molecule has 0 aliphatic heterocycles. The lowest BCUT2D eigenvalue weighted by atomic mass is 10.1. The van der Waals surface area contributed by atoms with Crippen molar-refractivity contribution in [2.75, 3.05) is 26.6 Å². The van der Waals surface area contributed by atoms with Gasteiger partial charge in [0.1, 0.15) is 104 Å². The topological polar surface area (TPSA) is 315 Å². The van der Waals surface area contributed by atoms with Crippen LogP contribution in [0, 0.1) is 79.7 Å². The summed E-state index contributed by atoms with van der Waals surface area (Å²) in [6, 6.07) is 42.9. The van der Waals surface area contributed by atoms with Crippen LogP contribution in [-0.4, -0.2) is 118 Å². The molecule has 0 aliphatic carbocycles. The summed E-state index contributed by atoms with van der Waals surface area (Å²) in [6.07, 6.45) is 0.688. The summed E-state index contributed by atoms with van der Waals surface area (Å²) >= 11 is 0. The van der Waals surface area contributed by atoms with E-state index in [9.17, 15) is 97.5 Å². The highest BCUT2D eigenvalue weighted by atomic mass is 19.4. The molecule has 14 aromatic heterocycles. The Balaban J connectivity index is 0.000000131. The third-order valence-corrected chi connectivity index (χ3v) is 20.7. The Morgan fingerprint density at radius 1 is 0.363 bits per heavy atom. The molecule has 0 amide bonds. The van der Waals surface area contributed by atoms with E-state index in [4.69, 9.17) is 0 Å². The average Bonchev–Trinajstić information content (AvgIpc) is 1.62. The zero-order valence-corrected chi connectivity index (χ0v) is 74.7. The number of hydrogen-bond acceptors (Lipinski definition) is 23. The van der Waals surface area contributed by atoms with Crippen LogP contribution in [0.4, 0.5) is 150 Å². The molecular weight excluding hydrogens is 1960 g/mol. The maximum atomic E-state index is 14.0. The van der Waals surface area contributed by atoms with E-state index in [0.29, 0.717) is 120 Å². The fourth-order valence-corrected chi connectivity index (χ4v) is 14.5. The number of pyridine rings is 5. The SMILES string of the molecule is Cc1nc2ccc(F)cn2c1-c1cc(C#N)cc(Nc2ccc(OC(F)F)c(F)c2)n1.Cc1nc2ccc(F)cn2c1-c1cncc(Nc2ccc(C(F)(F)F)c(F)c2)n1.Cc1nc2ccc(F)cn2c1-c1cncc(Nc2ccc(OC(F)F)c(F)c2)n1.Cc1nc2ccccc2n1-c1cncc(Nc2ccc(OC(F)(F)C(F)F)cc2)n1.Fc1ccc2ncc(-c3cncc(Nc4ccc(C(F)(F)F)cc4)n3)n2c1. The highest BCUT2D eigenvalue weighted by Gasteiger charge is 2.44. The molecule has 28 nitrogen and oxygen atoms in total. The Morgan fingerprint density at radius 3 is 1.24 bits per heavy atom. The van der Waals surface area contributed by atoms with Crippen molar-refractivity contribution in [2.45, 2.75) is 65.8 Å². The van der Waals surface area contributed by atoms with E-state index in [0.717, 1.165) is 77.5 Å². The minimum atomic E-state index is -4.78. The van der Waals surface area contributed by atoms with E-state index in [1.165, 1.54) is 168 Å². The van der Waals surface area contributed by atoms with Crippen LogP contribution in [-0.2, 0) is 12.4 Å². The number of ether oxygens (including phenoxy) is 3. The molecule has 0 saturated heterocycles. The smallest absolute Gasteiger partial charge is 0.432 e. The van der Waals surface area contributed by atoms with Gasteiger partial charge in [-0.3, -0.25) is 42.1 Å². The maximum Gasteiger partial charge on any atom is 0.461 e. The van der Waals surface area contributed by atoms with Gasteiger partial charge in [0.25, 0.3) is 0 Å². The molecule has 6 aromatic carbocycles. The monoisotopic (exact) mass is 2030 g/mol. The summed E-state index contributed by atoms with van der Waals surface area (Å²) in [5.41, 5.74) is 8.86. The van der Waals surface area contributed by atoms with E-state index in [-0.39, 0.29) is 45.8 Å². The van der Waals surface area contributed by atoms with Gasteiger partial charge < -0.3 is 40.8 Å². The Kier molecular flexibility index (Phi) is 29.2. The number of para-hydroxylation sites is 2. The molecule has 20 aromatic rings. The first-order valence-corrected chi connectivity index (χ1v) is 42.2. The lowest BCUT2D eigenvalue weighted by molar-refractivity contribution is -0.253. The van der Waals surface area contributed by atoms with Gasteiger partial charge in [-0.25, -0.2) is 80.6 Å². The van der Waals surface area contributed by atoms with Gasteiger partial charge in [-0.2, -0.15) is 66.7 Å². The first kappa shape index (κ1) is 100. The van der Waals surface area contributed by atoms with E-state index in [2.05, 4.69) is 111 Å². The summed E-state index contributed by atoms with van der Waals surface area (Å²) in [5.74, 6) is -4.01. The molecule has 0 atom stereocenters. The van der Waals surface area contributed by atoms with Crippen LogP contribution in [0.15, 0.2) is 269 Å².